The Hall–Kier alpha value is -2.12. The molecule has 20 heavy (non-hydrogen) atoms. The van der Waals surface area contributed by atoms with Crippen LogP contribution in [-0.2, 0) is 6.42 Å². The van der Waals surface area contributed by atoms with Crippen LogP contribution in [0.2, 0.25) is 0 Å². The normalized spacial score (nSPS) is 17.6. The number of aliphatic hydroxyl groups excluding tert-OH is 1. The number of nitrogens with zero attached hydrogens (tertiary/aromatic N) is 2. The van der Waals surface area contributed by atoms with E-state index in [1.165, 1.54) is 12.1 Å². The van der Waals surface area contributed by atoms with Gasteiger partial charge in [-0.25, -0.2) is 4.39 Å². The molecule has 0 saturated carbocycles. The fourth-order valence-electron chi connectivity index (χ4n) is 3.01. The van der Waals surface area contributed by atoms with Gasteiger partial charge in [-0.3, -0.25) is 0 Å². The molecule has 0 saturated heterocycles. The third-order valence-electron chi connectivity index (χ3n) is 3.89. The number of nitriles is 1. The van der Waals surface area contributed by atoms with Gasteiger partial charge >= 0.3 is 0 Å². The Bertz CT molecular complexity index is 712. The molecule has 0 aliphatic heterocycles. The second kappa shape index (κ2) is 4.77. The molecule has 4 heteroatoms. The number of hydrogen-bond donors (Lipinski definition) is 1. The molecule has 102 valence electrons. The fourth-order valence-corrected chi connectivity index (χ4v) is 3.01. The molecule has 0 radical (unpaired) electrons. The van der Waals surface area contributed by atoms with E-state index in [1.54, 1.807) is 6.07 Å². The zero-order valence-electron chi connectivity index (χ0n) is 11.2. The first-order valence-electron chi connectivity index (χ1n) is 6.71. The molecule has 0 amide bonds. The van der Waals surface area contributed by atoms with Crippen molar-refractivity contribution in [2.75, 3.05) is 0 Å². The van der Waals surface area contributed by atoms with Gasteiger partial charge in [0.05, 0.1) is 17.4 Å². The van der Waals surface area contributed by atoms with Crippen LogP contribution in [0.25, 0.3) is 5.69 Å². The van der Waals surface area contributed by atoms with E-state index in [0.29, 0.717) is 11.3 Å². The lowest BCUT2D eigenvalue weighted by Crippen LogP contribution is -2.12. The van der Waals surface area contributed by atoms with Crippen molar-refractivity contribution in [2.24, 2.45) is 0 Å². The predicted octanol–water partition coefficient (Wildman–Crippen LogP) is 3.17. The van der Waals surface area contributed by atoms with Crippen molar-refractivity contribution < 1.29 is 9.50 Å². The van der Waals surface area contributed by atoms with Crippen LogP contribution in [0.4, 0.5) is 4.39 Å². The molecule has 0 fully saturated rings. The van der Waals surface area contributed by atoms with Gasteiger partial charge < -0.3 is 9.67 Å². The number of aryl methyl sites for hydroxylation is 1. The second-order valence-electron chi connectivity index (χ2n) is 5.20. The molecule has 1 aliphatic rings. The summed E-state index contributed by atoms with van der Waals surface area (Å²) < 4.78 is 15.2. The van der Waals surface area contributed by atoms with Crippen LogP contribution in [0, 0.1) is 24.1 Å². The number of benzene rings is 1. The number of aromatic nitrogens is 1. The van der Waals surface area contributed by atoms with Crippen LogP contribution in [0.15, 0.2) is 24.3 Å². The molecular formula is C16H15FN2O. The van der Waals surface area contributed by atoms with Gasteiger partial charge in [-0.05, 0) is 50.5 Å². The summed E-state index contributed by atoms with van der Waals surface area (Å²) in [7, 11) is 0. The highest BCUT2D eigenvalue weighted by Crippen LogP contribution is 2.34. The molecule has 1 unspecified atom stereocenters. The van der Waals surface area contributed by atoms with E-state index in [9.17, 15) is 14.8 Å². The van der Waals surface area contributed by atoms with Gasteiger partial charge in [-0.1, -0.05) is 0 Å². The summed E-state index contributed by atoms with van der Waals surface area (Å²) in [5.74, 6) is -0.413. The van der Waals surface area contributed by atoms with Crippen molar-refractivity contribution in [3.05, 3.63) is 52.6 Å². The zero-order valence-corrected chi connectivity index (χ0v) is 11.2. The standard InChI is InChI=1S/C16H15FN2O/c1-10-7-13-15(3-2-4-16(13)20)19(10)14-6-5-12(17)8-11(14)9-18/h5-8,16,20H,2-4H2,1H3. The molecule has 0 spiro atoms. The van der Waals surface area contributed by atoms with Gasteiger partial charge in [0, 0.05) is 17.0 Å². The van der Waals surface area contributed by atoms with E-state index in [2.05, 4.69) is 0 Å². The summed E-state index contributed by atoms with van der Waals surface area (Å²) in [5.41, 5.74) is 3.92. The van der Waals surface area contributed by atoms with Crippen LogP contribution >= 0.6 is 0 Å². The smallest absolute Gasteiger partial charge is 0.124 e. The first-order valence-corrected chi connectivity index (χ1v) is 6.71. The minimum Gasteiger partial charge on any atom is -0.388 e. The third kappa shape index (κ3) is 1.91. The van der Waals surface area contributed by atoms with Crippen molar-refractivity contribution in [2.45, 2.75) is 32.3 Å². The van der Waals surface area contributed by atoms with Gasteiger partial charge in [-0.2, -0.15) is 5.26 Å². The van der Waals surface area contributed by atoms with Crippen LogP contribution in [-0.4, -0.2) is 9.67 Å². The summed E-state index contributed by atoms with van der Waals surface area (Å²) in [5, 5.41) is 19.3. The molecule has 0 bridgehead atoms. The highest BCUT2D eigenvalue weighted by Gasteiger charge is 2.24. The van der Waals surface area contributed by atoms with Crippen molar-refractivity contribution in [1.29, 1.82) is 5.26 Å². The lowest BCUT2D eigenvalue weighted by atomic mass is 9.95. The largest absolute Gasteiger partial charge is 0.388 e. The quantitative estimate of drug-likeness (QED) is 0.865. The molecule has 1 heterocycles. The van der Waals surface area contributed by atoms with Gasteiger partial charge in [0.2, 0.25) is 0 Å². The summed E-state index contributed by atoms with van der Waals surface area (Å²) in [6.45, 7) is 1.94. The number of fused-ring (bicyclic) bond motifs is 1. The number of hydrogen-bond acceptors (Lipinski definition) is 2. The lowest BCUT2D eigenvalue weighted by Gasteiger charge is -2.21. The molecule has 1 atom stereocenters. The average Bonchev–Trinajstić information content (AvgIpc) is 2.77. The highest BCUT2D eigenvalue weighted by molar-refractivity contribution is 5.53. The Morgan fingerprint density at radius 3 is 2.95 bits per heavy atom. The topological polar surface area (TPSA) is 49.0 Å². The Balaban J connectivity index is 2.24. The molecule has 1 aliphatic carbocycles. The maximum absolute atomic E-state index is 13.3. The van der Waals surface area contributed by atoms with E-state index in [4.69, 9.17) is 0 Å². The predicted molar refractivity (Wildman–Crippen MR) is 73.1 cm³/mol. The van der Waals surface area contributed by atoms with E-state index >= 15 is 0 Å². The maximum Gasteiger partial charge on any atom is 0.124 e. The average molecular weight is 270 g/mol. The molecule has 3 nitrogen and oxygen atoms in total. The molecule has 1 N–H and O–H groups in total. The first kappa shape index (κ1) is 12.9. The molecule has 1 aromatic carbocycles. The van der Waals surface area contributed by atoms with Crippen LogP contribution in [0.3, 0.4) is 0 Å². The van der Waals surface area contributed by atoms with E-state index in [0.717, 1.165) is 36.2 Å². The van der Waals surface area contributed by atoms with Crippen LogP contribution in [0.1, 0.15) is 41.5 Å². The Kier molecular flexibility index (Phi) is 3.07. The van der Waals surface area contributed by atoms with Crippen LogP contribution in [0.5, 0.6) is 0 Å². The molecule has 3 rings (SSSR count). The van der Waals surface area contributed by atoms with E-state index < -0.39 is 11.9 Å². The first-order chi connectivity index (χ1) is 9.61. The number of aliphatic hydroxyl groups is 1. The number of rotatable bonds is 1. The zero-order chi connectivity index (χ0) is 14.3. The van der Waals surface area contributed by atoms with E-state index in [1.807, 2.05) is 23.6 Å². The SMILES string of the molecule is Cc1cc2c(n1-c1ccc(F)cc1C#N)CCCC2O. The summed E-state index contributed by atoms with van der Waals surface area (Å²) in [6.07, 6.45) is 2.11. The molecule has 1 aromatic heterocycles. The summed E-state index contributed by atoms with van der Waals surface area (Å²) in [6, 6.07) is 8.25. The van der Waals surface area contributed by atoms with Gasteiger partial charge in [0.25, 0.3) is 0 Å². The molecular weight excluding hydrogens is 255 g/mol. The van der Waals surface area contributed by atoms with Crippen LogP contribution < -0.4 is 0 Å². The Labute approximate surface area is 116 Å². The van der Waals surface area contributed by atoms with Crippen molar-refractivity contribution in [1.82, 2.24) is 4.57 Å². The summed E-state index contributed by atoms with van der Waals surface area (Å²) in [4.78, 5) is 0. The fraction of sp³-hybridized carbons (Fsp3) is 0.312. The maximum atomic E-state index is 13.3. The van der Waals surface area contributed by atoms with E-state index in [-0.39, 0.29) is 0 Å². The van der Waals surface area contributed by atoms with Crippen molar-refractivity contribution >= 4 is 0 Å². The third-order valence-corrected chi connectivity index (χ3v) is 3.89. The Morgan fingerprint density at radius 1 is 1.40 bits per heavy atom. The van der Waals surface area contributed by atoms with Gasteiger partial charge in [0.1, 0.15) is 11.9 Å². The monoisotopic (exact) mass is 270 g/mol. The number of halogens is 1. The van der Waals surface area contributed by atoms with Gasteiger partial charge in [-0.15, -0.1) is 0 Å². The summed E-state index contributed by atoms with van der Waals surface area (Å²) >= 11 is 0. The van der Waals surface area contributed by atoms with Crippen molar-refractivity contribution in [3.8, 4) is 11.8 Å². The second-order valence-corrected chi connectivity index (χ2v) is 5.20. The highest BCUT2D eigenvalue weighted by atomic mass is 19.1. The lowest BCUT2D eigenvalue weighted by molar-refractivity contribution is 0.156. The van der Waals surface area contributed by atoms with Gasteiger partial charge in [0.15, 0.2) is 0 Å². The Morgan fingerprint density at radius 2 is 2.20 bits per heavy atom. The molecule has 2 aromatic rings. The minimum absolute atomic E-state index is 0.312. The minimum atomic E-state index is -0.440. The van der Waals surface area contributed by atoms with Crippen molar-refractivity contribution in [3.63, 3.8) is 0 Å².